The Balaban J connectivity index is 1.47. The highest BCUT2D eigenvalue weighted by molar-refractivity contribution is 6.04. The summed E-state index contributed by atoms with van der Waals surface area (Å²) in [6.07, 6.45) is 1.86. The van der Waals surface area contributed by atoms with Gasteiger partial charge >= 0.3 is 6.01 Å². The minimum Gasteiger partial charge on any atom is -0.424 e. The summed E-state index contributed by atoms with van der Waals surface area (Å²) in [7, 11) is 0. The molecule has 1 atom stereocenters. The van der Waals surface area contributed by atoms with Crippen molar-refractivity contribution in [1.82, 2.24) is 9.97 Å². The van der Waals surface area contributed by atoms with Crippen LogP contribution in [0.25, 0.3) is 0 Å². The normalized spacial score (nSPS) is 15.5. The summed E-state index contributed by atoms with van der Waals surface area (Å²) in [6, 6.07) is 15.4. The summed E-state index contributed by atoms with van der Waals surface area (Å²) in [6.45, 7) is 8.31. The molecular formula is C27H30N4O3. The Hall–Kier alpha value is -3.74. The minimum absolute atomic E-state index is 0.0141. The second-order valence-electron chi connectivity index (χ2n) is 8.59. The molecule has 3 aromatic rings. The molecule has 2 heterocycles. The predicted octanol–water partition coefficient (Wildman–Crippen LogP) is 5.00. The average Bonchev–Trinajstić information content (AvgIpc) is 3.19. The fraction of sp³-hybridized carbons (Fsp3) is 0.333. The maximum absolute atomic E-state index is 13.0. The van der Waals surface area contributed by atoms with Gasteiger partial charge in [0, 0.05) is 41.8 Å². The van der Waals surface area contributed by atoms with Crippen LogP contribution in [0, 0.1) is 19.8 Å². The van der Waals surface area contributed by atoms with Gasteiger partial charge in [-0.05, 0) is 56.0 Å². The predicted molar refractivity (Wildman–Crippen MR) is 132 cm³/mol. The van der Waals surface area contributed by atoms with Crippen LogP contribution in [0.15, 0.2) is 48.5 Å². The van der Waals surface area contributed by atoms with E-state index in [0.29, 0.717) is 18.0 Å². The molecule has 1 aliphatic heterocycles. The van der Waals surface area contributed by atoms with E-state index < -0.39 is 5.92 Å². The smallest absolute Gasteiger partial charge is 0.322 e. The van der Waals surface area contributed by atoms with E-state index in [1.807, 2.05) is 26.0 Å². The Labute approximate surface area is 200 Å². The SMILES string of the molecule is CCc1cccc(CC)c1N1CC(C(=O)Nc2cccc(Oc3nc(C)cc(C)n3)c2)CC1=O. The number of benzene rings is 2. The molecule has 1 aromatic heterocycles. The van der Waals surface area contributed by atoms with E-state index in [1.165, 1.54) is 0 Å². The molecule has 4 rings (SSSR count). The highest BCUT2D eigenvalue weighted by Gasteiger charge is 2.36. The van der Waals surface area contributed by atoms with Gasteiger partial charge in [-0.15, -0.1) is 0 Å². The van der Waals surface area contributed by atoms with E-state index >= 15 is 0 Å². The molecule has 1 fully saturated rings. The van der Waals surface area contributed by atoms with Crippen molar-refractivity contribution in [2.45, 2.75) is 47.0 Å². The van der Waals surface area contributed by atoms with E-state index in [1.54, 1.807) is 29.2 Å². The van der Waals surface area contributed by atoms with Gasteiger partial charge in [-0.25, -0.2) is 9.97 Å². The molecule has 0 spiro atoms. The minimum atomic E-state index is -0.422. The van der Waals surface area contributed by atoms with Gasteiger partial charge in [0.2, 0.25) is 11.8 Å². The lowest BCUT2D eigenvalue weighted by Gasteiger charge is -2.23. The van der Waals surface area contributed by atoms with Gasteiger partial charge in [0.1, 0.15) is 5.75 Å². The lowest BCUT2D eigenvalue weighted by Crippen LogP contribution is -2.29. The molecule has 2 aromatic carbocycles. The number of ether oxygens (including phenoxy) is 1. The second kappa shape index (κ2) is 10.0. The molecule has 7 heteroatoms. The van der Waals surface area contributed by atoms with Crippen LogP contribution in [-0.4, -0.2) is 28.3 Å². The first-order valence-corrected chi connectivity index (χ1v) is 11.7. The first kappa shape index (κ1) is 23.4. The summed E-state index contributed by atoms with van der Waals surface area (Å²) in [4.78, 5) is 36.3. The van der Waals surface area contributed by atoms with Crippen LogP contribution >= 0.6 is 0 Å². The number of hydrogen-bond acceptors (Lipinski definition) is 5. The van der Waals surface area contributed by atoms with Crippen molar-refractivity contribution in [2.75, 3.05) is 16.8 Å². The fourth-order valence-corrected chi connectivity index (χ4v) is 4.39. The molecule has 0 radical (unpaired) electrons. The number of aromatic nitrogens is 2. The zero-order valence-corrected chi connectivity index (χ0v) is 20.1. The van der Waals surface area contributed by atoms with Crippen LogP contribution in [-0.2, 0) is 22.4 Å². The number of carbonyl (C=O) groups is 2. The van der Waals surface area contributed by atoms with Gasteiger partial charge in [-0.3, -0.25) is 9.59 Å². The van der Waals surface area contributed by atoms with Crippen molar-refractivity contribution < 1.29 is 14.3 Å². The summed E-state index contributed by atoms with van der Waals surface area (Å²) in [5.41, 5.74) is 5.47. The number of amides is 2. The first-order chi connectivity index (χ1) is 16.4. The first-order valence-electron chi connectivity index (χ1n) is 11.7. The summed E-state index contributed by atoms with van der Waals surface area (Å²) in [5, 5.41) is 2.94. The number of para-hydroxylation sites is 1. The van der Waals surface area contributed by atoms with Crippen LogP contribution in [0.3, 0.4) is 0 Å². The quantitative estimate of drug-likeness (QED) is 0.538. The van der Waals surface area contributed by atoms with Gasteiger partial charge in [0.15, 0.2) is 0 Å². The molecule has 1 aliphatic rings. The zero-order valence-electron chi connectivity index (χ0n) is 20.1. The molecule has 34 heavy (non-hydrogen) atoms. The lowest BCUT2D eigenvalue weighted by molar-refractivity contribution is -0.122. The Morgan fingerprint density at radius 3 is 2.32 bits per heavy atom. The Morgan fingerprint density at radius 2 is 1.68 bits per heavy atom. The van der Waals surface area contributed by atoms with Crippen LogP contribution in [0.5, 0.6) is 11.8 Å². The third kappa shape index (κ3) is 5.09. The largest absolute Gasteiger partial charge is 0.424 e. The van der Waals surface area contributed by atoms with Crippen LogP contribution in [0.1, 0.15) is 42.8 Å². The standard InChI is InChI=1S/C27H30N4O3/c1-5-19-9-7-10-20(6-2)25(19)31-16-21(14-24(31)32)26(33)30-22-11-8-12-23(15-22)34-27-28-17(3)13-18(4)29-27/h7-13,15,21H,5-6,14,16H2,1-4H3,(H,30,33). The molecule has 1 saturated heterocycles. The van der Waals surface area contributed by atoms with Crippen molar-refractivity contribution in [3.63, 3.8) is 0 Å². The summed E-state index contributed by atoms with van der Waals surface area (Å²) < 4.78 is 5.79. The highest BCUT2D eigenvalue weighted by atomic mass is 16.5. The van der Waals surface area contributed by atoms with Gasteiger partial charge in [0.05, 0.1) is 5.92 Å². The number of rotatable bonds is 7. The fourth-order valence-electron chi connectivity index (χ4n) is 4.39. The number of nitrogens with one attached hydrogen (secondary N) is 1. The number of nitrogens with zero attached hydrogens (tertiary/aromatic N) is 3. The van der Waals surface area contributed by atoms with Gasteiger partial charge < -0.3 is 15.0 Å². The maximum atomic E-state index is 13.0. The summed E-state index contributed by atoms with van der Waals surface area (Å²) in [5.74, 6) is -0.0895. The number of hydrogen-bond donors (Lipinski definition) is 1. The molecule has 0 saturated carbocycles. The van der Waals surface area contributed by atoms with E-state index in [9.17, 15) is 9.59 Å². The zero-order chi connectivity index (χ0) is 24.2. The lowest BCUT2D eigenvalue weighted by atomic mass is 10.0. The van der Waals surface area contributed by atoms with Crippen molar-refractivity contribution in [1.29, 1.82) is 0 Å². The average molecular weight is 459 g/mol. The van der Waals surface area contributed by atoms with Gasteiger partial charge in [-0.2, -0.15) is 0 Å². The number of aryl methyl sites for hydroxylation is 4. The molecule has 1 N–H and O–H groups in total. The van der Waals surface area contributed by atoms with E-state index in [-0.39, 0.29) is 24.2 Å². The maximum Gasteiger partial charge on any atom is 0.322 e. The third-order valence-electron chi connectivity index (χ3n) is 6.00. The molecular weight excluding hydrogens is 428 g/mol. The Kier molecular flexibility index (Phi) is 6.91. The van der Waals surface area contributed by atoms with Gasteiger partial charge in [-0.1, -0.05) is 38.1 Å². The van der Waals surface area contributed by atoms with E-state index in [4.69, 9.17) is 4.74 Å². The Bertz CT molecular complexity index is 1180. The third-order valence-corrected chi connectivity index (χ3v) is 6.00. The number of anilines is 2. The van der Waals surface area contributed by atoms with Crippen LogP contribution in [0.4, 0.5) is 11.4 Å². The second-order valence-corrected chi connectivity index (χ2v) is 8.59. The van der Waals surface area contributed by atoms with Crippen molar-refractivity contribution in [3.05, 3.63) is 71.0 Å². The summed E-state index contributed by atoms with van der Waals surface area (Å²) >= 11 is 0. The highest BCUT2D eigenvalue weighted by Crippen LogP contribution is 2.33. The van der Waals surface area contributed by atoms with E-state index in [0.717, 1.165) is 41.0 Å². The number of carbonyl (C=O) groups excluding carboxylic acids is 2. The molecule has 7 nitrogen and oxygen atoms in total. The van der Waals surface area contributed by atoms with Gasteiger partial charge in [0.25, 0.3) is 0 Å². The molecule has 0 aliphatic carbocycles. The molecule has 0 bridgehead atoms. The Morgan fingerprint density at radius 1 is 1.03 bits per heavy atom. The topological polar surface area (TPSA) is 84.4 Å². The van der Waals surface area contributed by atoms with Crippen molar-refractivity contribution >= 4 is 23.2 Å². The van der Waals surface area contributed by atoms with Crippen LogP contribution in [0.2, 0.25) is 0 Å². The monoisotopic (exact) mass is 458 g/mol. The van der Waals surface area contributed by atoms with Crippen LogP contribution < -0.4 is 15.0 Å². The van der Waals surface area contributed by atoms with Crippen molar-refractivity contribution in [3.8, 4) is 11.8 Å². The molecule has 176 valence electrons. The van der Waals surface area contributed by atoms with E-state index in [2.05, 4.69) is 41.3 Å². The van der Waals surface area contributed by atoms with Crippen molar-refractivity contribution in [2.24, 2.45) is 5.92 Å². The molecule has 1 unspecified atom stereocenters. The molecule has 2 amide bonds.